The number of nitrogens with zero attached hydrogens (tertiary/aromatic N) is 1. The molecule has 1 aromatic rings. The van der Waals surface area contributed by atoms with Gasteiger partial charge in [0.05, 0.1) is 0 Å². The molecule has 0 atom stereocenters. The third-order valence-corrected chi connectivity index (χ3v) is 6.56. The summed E-state index contributed by atoms with van der Waals surface area (Å²) in [6.45, 7) is 4.42. The van der Waals surface area contributed by atoms with Gasteiger partial charge in [-0.2, -0.15) is 4.31 Å². The second-order valence-corrected chi connectivity index (χ2v) is 7.94. The van der Waals surface area contributed by atoms with Crippen molar-refractivity contribution in [3.8, 4) is 0 Å². The van der Waals surface area contributed by atoms with E-state index in [1.807, 2.05) is 6.07 Å². The molecule has 21 heavy (non-hydrogen) atoms. The zero-order valence-corrected chi connectivity index (χ0v) is 14.2. The first-order chi connectivity index (χ1) is 9.50. The molecule has 1 aliphatic heterocycles. The minimum atomic E-state index is -3.36. The molecule has 0 unspecified atom stereocenters. The van der Waals surface area contributed by atoms with Crippen LogP contribution in [0.1, 0.15) is 11.8 Å². The lowest BCUT2D eigenvalue weighted by molar-refractivity contribution is -0.118. The summed E-state index contributed by atoms with van der Waals surface area (Å²) in [6.07, 6.45) is 0.654. The van der Waals surface area contributed by atoms with E-state index >= 15 is 0 Å². The number of piperazine rings is 1. The standard InChI is InChI=1S/C12H19N3O3S2.ClH/c1-10(16)14-5-4-11-2-3-12(19-11)20(17,18)15-8-6-13-7-9-15;/h2-3,13H,4-9H2,1H3,(H,14,16);1H. The van der Waals surface area contributed by atoms with E-state index in [4.69, 9.17) is 0 Å². The molecule has 2 heterocycles. The zero-order valence-electron chi connectivity index (χ0n) is 11.8. The summed E-state index contributed by atoms with van der Waals surface area (Å²) in [6, 6.07) is 3.48. The van der Waals surface area contributed by atoms with Gasteiger partial charge in [-0.25, -0.2) is 8.42 Å². The van der Waals surface area contributed by atoms with Crippen molar-refractivity contribution in [1.29, 1.82) is 0 Å². The SMILES string of the molecule is CC(=O)NCCc1ccc(S(=O)(=O)N2CCNCC2)s1.Cl. The van der Waals surface area contributed by atoms with Crippen LogP contribution in [0, 0.1) is 0 Å². The van der Waals surface area contributed by atoms with E-state index in [0.29, 0.717) is 43.4 Å². The molecule has 9 heteroatoms. The minimum absolute atomic E-state index is 0. The van der Waals surface area contributed by atoms with E-state index in [2.05, 4.69) is 10.6 Å². The van der Waals surface area contributed by atoms with Gasteiger partial charge in [-0.1, -0.05) is 0 Å². The lowest BCUT2D eigenvalue weighted by Crippen LogP contribution is -2.46. The fraction of sp³-hybridized carbons (Fsp3) is 0.583. The fourth-order valence-corrected chi connectivity index (χ4v) is 4.96. The first-order valence-corrected chi connectivity index (χ1v) is 8.80. The van der Waals surface area contributed by atoms with Gasteiger partial charge in [0.2, 0.25) is 5.91 Å². The van der Waals surface area contributed by atoms with E-state index < -0.39 is 10.0 Å². The predicted molar refractivity (Wildman–Crippen MR) is 85.6 cm³/mol. The lowest BCUT2D eigenvalue weighted by atomic mass is 10.3. The molecule has 2 rings (SSSR count). The summed E-state index contributed by atoms with van der Waals surface area (Å²) in [5.74, 6) is -0.0739. The molecule has 1 amide bonds. The van der Waals surface area contributed by atoms with Crippen LogP contribution in [-0.4, -0.2) is 51.4 Å². The van der Waals surface area contributed by atoms with Crippen molar-refractivity contribution in [3.05, 3.63) is 17.0 Å². The van der Waals surface area contributed by atoms with Crippen molar-refractivity contribution >= 4 is 39.7 Å². The topological polar surface area (TPSA) is 78.5 Å². The zero-order chi connectivity index (χ0) is 14.6. The smallest absolute Gasteiger partial charge is 0.252 e. The first-order valence-electron chi connectivity index (χ1n) is 6.54. The summed E-state index contributed by atoms with van der Waals surface area (Å²) < 4.78 is 26.7. The second kappa shape index (κ2) is 8.09. The molecule has 1 saturated heterocycles. The monoisotopic (exact) mass is 353 g/mol. The number of amides is 1. The highest BCUT2D eigenvalue weighted by Gasteiger charge is 2.27. The number of carbonyl (C=O) groups excluding carboxylic acids is 1. The van der Waals surface area contributed by atoms with Crippen LogP contribution in [0.25, 0.3) is 0 Å². The Balaban J connectivity index is 0.00000220. The van der Waals surface area contributed by atoms with Crippen LogP contribution in [0.3, 0.4) is 0 Å². The molecule has 0 aromatic carbocycles. The third-order valence-electron chi connectivity index (χ3n) is 3.05. The molecule has 120 valence electrons. The van der Waals surface area contributed by atoms with Crippen LogP contribution >= 0.6 is 23.7 Å². The van der Waals surface area contributed by atoms with E-state index in [1.165, 1.54) is 22.6 Å². The number of carbonyl (C=O) groups is 1. The van der Waals surface area contributed by atoms with Gasteiger partial charge in [-0.15, -0.1) is 23.7 Å². The molecule has 0 aliphatic carbocycles. The van der Waals surface area contributed by atoms with Crippen molar-refractivity contribution < 1.29 is 13.2 Å². The summed E-state index contributed by atoms with van der Waals surface area (Å²) in [5.41, 5.74) is 0. The van der Waals surface area contributed by atoms with Crippen molar-refractivity contribution in [1.82, 2.24) is 14.9 Å². The van der Waals surface area contributed by atoms with Crippen molar-refractivity contribution in [2.75, 3.05) is 32.7 Å². The fourth-order valence-electron chi connectivity index (χ4n) is 2.00. The van der Waals surface area contributed by atoms with E-state index in [9.17, 15) is 13.2 Å². The molecule has 2 N–H and O–H groups in total. The molecule has 6 nitrogen and oxygen atoms in total. The van der Waals surface area contributed by atoms with Gasteiger partial charge in [0.1, 0.15) is 4.21 Å². The number of thiophene rings is 1. The second-order valence-electron chi connectivity index (χ2n) is 4.61. The van der Waals surface area contributed by atoms with E-state index in [0.717, 1.165) is 4.88 Å². The predicted octanol–water partition coefficient (Wildman–Crippen LogP) is 0.442. The Morgan fingerprint density at radius 2 is 2.05 bits per heavy atom. The number of nitrogens with one attached hydrogen (secondary N) is 2. The molecule has 1 aliphatic rings. The Bertz CT molecular complexity index is 568. The van der Waals surface area contributed by atoms with Gasteiger partial charge >= 0.3 is 0 Å². The maximum Gasteiger partial charge on any atom is 0.252 e. The highest BCUT2D eigenvalue weighted by atomic mass is 35.5. The van der Waals surface area contributed by atoms with Gasteiger partial charge < -0.3 is 10.6 Å². The van der Waals surface area contributed by atoms with Crippen LogP contribution in [0.15, 0.2) is 16.3 Å². The van der Waals surface area contributed by atoms with Gasteiger partial charge in [-0.3, -0.25) is 4.79 Å². The normalized spacial score (nSPS) is 16.2. The molecule has 0 bridgehead atoms. The van der Waals surface area contributed by atoms with E-state index in [-0.39, 0.29) is 18.3 Å². The van der Waals surface area contributed by atoms with Crippen LogP contribution in [-0.2, 0) is 21.2 Å². The molecular formula is C12H20ClN3O3S2. The van der Waals surface area contributed by atoms with Crippen molar-refractivity contribution in [2.45, 2.75) is 17.6 Å². The molecule has 0 radical (unpaired) electrons. The van der Waals surface area contributed by atoms with Gasteiger partial charge in [0.25, 0.3) is 10.0 Å². The van der Waals surface area contributed by atoms with Crippen LogP contribution in [0.4, 0.5) is 0 Å². The minimum Gasteiger partial charge on any atom is -0.356 e. The Hall–Kier alpha value is -0.670. The maximum absolute atomic E-state index is 12.4. The number of hydrogen-bond acceptors (Lipinski definition) is 5. The Morgan fingerprint density at radius 1 is 1.38 bits per heavy atom. The molecule has 1 fully saturated rings. The van der Waals surface area contributed by atoms with Crippen LogP contribution in [0.2, 0.25) is 0 Å². The number of sulfonamides is 1. The molecular weight excluding hydrogens is 334 g/mol. The lowest BCUT2D eigenvalue weighted by Gasteiger charge is -2.25. The summed E-state index contributed by atoms with van der Waals surface area (Å²) in [5, 5.41) is 5.84. The first kappa shape index (κ1) is 18.4. The largest absolute Gasteiger partial charge is 0.356 e. The van der Waals surface area contributed by atoms with Gasteiger partial charge in [0, 0.05) is 44.5 Å². The molecule has 1 aromatic heterocycles. The Kier molecular flexibility index (Phi) is 7.08. The number of rotatable bonds is 5. The number of hydrogen-bond donors (Lipinski definition) is 2. The van der Waals surface area contributed by atoms with Crippen LogP contribution in [0.5, 0.6) is 0 Å². The van der Waals surface area contributed by atoms with Gasteiger partial charge in [0.15, 0.2) is 0 Å². The Morgan fingerprint density at radius 3 is 2.67 bits per heavy atom. The summed E-state index contributed by atoms with van der Waals surface area (Å²) in [7, 11) is -3.36. The average molecular weight is 354 g/mol. The van der Waals surface area contributed by atoms with E-state index in [1.54, 1.807) is 6.07 Å². The third kappa shape index (κ3) is 4.93. The average Bonchev–Trinajstić information content (AvgIpc) is 2.89. The summed E-state index contributed by atoms with van der Waals surface area (Å²) in [4.78, 5) is 11.8. The highest BCUT2D eigenvalue weighted by molar-refractivity contribution is 7.91. The van der Waals surface area contributed by atoms with Crippen molar-refractivity contribution in [2.24, 2.45) is 0 Å². The number of halogens is 1. The highest BCUT2D eigenvalue weighted by Crippen LogP contribution is 2.25. The molecule has 0 saturated carbocycles. The maximum atomic E-state index is 12.4. The van der Waals surface area contributed by atoms with Crippen molar-refractivity contribution in [3.63, 3.8) is 0 Å². The van der Waals surface area contributed by atoms with Gasteiger partial charge in [-0.05, 0) is 18.6 Å². The molecule has 0 spiro atoms. The quantitative estimate of drug-likeness (QED) is 0.805. The van der Waals surface area contributed by atoms with Crippen LogP contribution < -0.4 is 10.6 Å². The Labute approximate surface area is 135 Å². The summed E-state index contributed by atoms with van der Waals surface area (Å²) >= 11 is 1.28.